The van der Waals surface area contributed by atoms with Crippen molar-refractivity contribution in [1.82, 2.24) is 0 Å². The molecule has 114 valence electrons. The Balaban J connectivity index is 1.54. The number of nitrogens with zero attached hydrogens (tertiary/aromatic N) is 1. The minimum Gasteiger partial charge on any atom is -0.492 e. The molecule has 0 bridgehead atoms. The van der Waals surface area contributed by atoms with Gasteiger partial charge in [0.05, 0.1) is 12.2 Å². The molecule has 0 fully saturated rings. The van der Waals surface area contributed by atoms with Gasteiger partial charge in [0.1, 0.15) is 12.4 Å². The summed E-state index contributed by atoms with van der Waals surface area (Å²) in [5.41, 5.74) is 2.97. The molecule has 0 saturated heterocycles. The Morgan fingerprint density at radius 3 is 2.48 bits per heavy atom. The predicted molar refractivity (Wildman–Crippen MR) is 92.3 cm³/mol. The molecule has 3 aromatic carbocycles. The number of hydrogen-bond donors (Lipinski definition) is 0. The smallest absolute Gasteiger partial charge is 0.259 e. The van der Waals surface area contributed by atoms with Gasteiger partial charge >= 0.3 is 0 Å². The molecule has 3 heteroatoms. The molecule has 1 aliphatic rings. The van der Waals surface area contributed by atoms with Gasteiger partial charge in [-0.2, -0.15) is 0 Å². The number of anilines is 1. The molecule has 0 radical (unpaired) electrons. The molecule has 0 atom stereocenters. The third-order valence-corrected chi connectivity index (χ3v) is 4.25. The Morgan fingerprint density at radius 1 is 0.957 bits per heavy atom. The van der Waals surface area contributed by atoms with Gasteiger partial charge < -0.3 is 9.64 Å². The number of rotatable bonds is 4. The second-order valence-electron chi connectivity index (χ2n) is 5.80. The largest absolute Gasteiger partial charge is 0.492 e. The lowest BCUT2D eigenvalue weighted by molar-refractivity contribution is 0.0989. The van der Waals surface area contributed by atoms with E-state index in [1.807, 2.05) is 72.5 Å². The monoisotopic (exact) mass is 303 g/mol. The van der Waals surface area contributed by atoms with E-state index in [4.69, 9.17) is 4.74 Å². The molecule has 3 nitrogen and oxygen atoms in total. The van der Waals surface area contributed by atoms with Gasteiger partial charge in [-0.1, -0.05) is 42.0 Å². The van der Waals surface area contributed by atoms with Crippen molar-refractivity contribution in [3.05, 3.63) is 71.8 Å². The maximum absolute atomic E-state index is 12.6. The standard InChI is InChI=1S/C20H17NO2/c1-14-8-10-16(11-9-14)23-13-12-21-18-7-3-5-15-4-2-6-17(19(15)18)20(21)22/h2-11H,12-13H2,1H3. The van der Waals surface area contributed by atoms with Gasteiger partial charge in [-0.05, 0) is 36.6 Å². The number of carbonyl (C=O) groups excluding carboxylic acids is 1. The quantitative estimate of drug-likeness (QED) is 0.723. The molecule has 0 aliphatic carbocycles. The van der Waals surface area contributed by atoms with Gasteiger partial charge in [-0.25, -0.2) is 0 Å². The molecule has 0 N–H and O–H groups in total. The average molecular weight is 303 g/mol. The number of aryl methyl sites for hydroxylation is 1. The number of carbonyl (C=O) groups is 1. The van der Waals surface area contributed by atoms with Crippen LogP contribution in [0.5, 0.6) is 5.75 Å². The van der Waals surface area contributed by atoms with Crippen LogP contribution in [-0.4, -0.2) is 19.1 Å². The molecule has 23 heavy (non-hydrogen) atoms. The molecular formula is C20H17NO2. The highest BCUT2D eigenvalue weighted by Crippen LogP contribution is 2.36. The summed E-state index contributed by atoms with van der Waals surface area (Å²) in [7, 11) is 0. The average Bonchev–Trinajstić information content (AvgIpc) is 2.85. The summed E-state index contributed by atoms with van der Waals surface area (Å²) >= 11 is 0. The van der Waals surface area contributed by atoms with E-state index in [1.54, 1.807) is 0 Å². The van der Waals surface area contributed by atoms with Crippen molar-refractivity contribution in [3.8, 4) is 5.75 Å². The van der Waals surface area contributed by atoms with Crippen LogP contribution in [0.3, 0.4) is 0 Å². The lowest BCUT2D eigenvalue weighted by atomic mass is 10.1. The summed E-state index contributed by atoms with van der Waals surface area (Å²) in [5.74, 6) is 0.891. The van der Waals surface area contributed by atoms with Crippen molar-refractivity contribution in [1.29, 1.82) is 0 Å². The van der Waals surface area contributed by atoms with E-state index in [0.29, 0.717) is 13.2 Å². The van der Waals surface area contributed by atoms with Crippen molar-refractivity contribution in [2.75, 3.05) is 18.1 Å². The zero-order chi connectivity index (χ0) is 15.8. The topological polar surface area (TPSA) is 29.5 Å². The van der Waals surface area contributed by atoms with Gasteiger partial charge in [0, 0.05) is 10.9 Å². The van der Waals surface area contributed by atoms with Crippen molar-refractivity contribution < 1.29 is 9.53 Å². The summed E-state index contributed by atoms with van der Waals surface area (Å²) in [6.45, 7) is 3.06. The zero-order valence-corrected chi connectivity index (χ0v) is 13.0. The molecule has 0 unspecified atom stereocenters. The maximum atomic E-state index is 12.6. The van der Waals surface area contributed by atoms with E-state index in [-0.39, 0.29) is 5.91 Å². The summed E-state index contributed by atoms with van der Waals surface area (Å²) in [5, 5.41) is 2.16. The van der Waals surface area contributed by atoms with Crippen molar-refractivity contribution in [2.45, 2.75) is 6.92 Å². The fraction of sp³-hybridized carbons (Fsp3) is 0.150. The Morgan fingerprint density at radius 2 is 1.70 bits per heavy atom. The first-order valence-electron chi connectivity index (χ1n) is 7.77. The fourth-order valence-corrected chi connectivity index (χ4v) is 3.09. The SMILES string of the molecule is Cc1ccc(OCCN2C(=O)c3cccc4cccc2c34)cc1. The highest BCUT2D eigenvalue weighted by atomic mass is 16.5. The van der Waals surface area contributed by atoms with E-state index in [1.165, 1.54) is 5.56 Å². The van der Waals surface area contributed by atoms with Gasteiger partial charge in [-0.15, -0.1) is 0 Å². The minimum absolute atomic E-state index is 0.0595. The predicted octanol–water partition coefficient (Wildman–Crippen LogP) is 4.19. The molecule has 0 spiro atoms. The van der Waals surface area contributed by atoms with Crippen LogP contribution in [0.2, 0.25) is 0 Å². The Hall–Kier alpha value is -2.81. The van der Waals surface area contributed by atoms with Crippen LogP contribution in [0.15, 0.2) is 60.7 Å². The van der Waals surface area contributed by atoms with Gasteiger partial charge in [-0.3, -0.25) is 4.79 Å². The molecule has 4 rings (SSSR count). The van der Waals surface area contributed by atoms with Crippen molar-refractivity contribution in [3.63, 3.8) is 0 Å². The number of amides is 1. The minimum atomic E-state index is 0.0595. The molecule has 0 aromatic heterocycles. The second-order valence-corrected chi connectivity index (χ2v) is 5.80. The van der Waals surface area contributed by atoms with Crippen LogP contribution in [-0.2, 0) is 0 Å². The van der Waals surface area contributed by atoms with E-state index >= 15 is 0 Å². The first kappa shape index (κ1) is 13.8. The molecule has 3 aromatic rings. The first-order valence-corrected chi connectivity index (χ1v) is 7.77. The number of ether oxygens (including phenoxy) is 1. The van der Waals surface area contributed by atoms with E-state index in [9.17, 15) is 4.79 Å². The van der Waals surface area contributed by atoms with Crippen LogP contribution in [0.4, 0.5) is 5.69 Å². The van der Waals surface area contributed by atoms with Crippen LogP contribution >= 0.6 is 0 Å². The molecule has 1 aliphatic heterocycles. The van der Waals surface area contributed by atoms with Crippen LogP contribution in [0.1, 0.15) is 15.9 Å². The Labute approximate surface area is 135 Å². The third-order valence-electron chi connectivity index (χ3n) is 4.25. The maximum Gasteiger partial charge on any atom is 0.259 e. The Bertz CT molecular complexity index is 879. The van der Waals surface area contributed by atoms with E-state index < -0.39 is 0 Å². The highest BCUT2D eigenvalue weighted by molar-refractivity contribution is 6.24. The summed E-state index contributed by atoms with van der Waals surface area (Å²) < 4.78 is 5.77. The highest BCUT2D eigenvalue weighted by Gasteiger charge is 2.29. The van der Waals surface area contributed by atoms with E-state index in [2.05, 4.69) is 0 Å². The van der Waals surface area contributed by atoms with Crippen molar-refractivity contribution >= 4 is 22.4 Å². The third kappa shape index (κ3) is 2.34. The summed E-state index contributed by atoms with van der Waals surface area (Å²) in [6.07, 6.45) is 0. The van der Waals surface area contributed by atoms with Crippen molar-refractivity contribution in [2.24, 2.45) is 0 Å². The molecule has 0 saturated carbocycles. The number of hydrogen-bond acceptors (Lipinski definition) is 2. The lowest BCUT2D eigenvalue weighted by Crippen LogP contribution is -2.31. The second kappa shape index (κ2) is 5.43. The van der Waals surface area contributed by atoms with E-state index in [0.717, 1.165) is 27.8 Å². The van der Waals surface area contributed by atoms with Crippen LogP contribution in [0.25, 0.3) is 10.8 Å². The molecule has 1 heterocycles. The zero-order valence-electron chi connectivity index (χ0n) is 13.0. The van der Waals surface area contributed by atoms with Gasteiger partial charge in [0.15, 0.2) is 0 Å². The lowest BCUT2D eigenvalue weighted by Gasteiger charge is -2.18. The first-order chi connectivity index (χ1) is 11.2. The van der Waals surface area contributed by atoms with Gasteiger partial charge in [0.2, 0.25) is 0 Å². The molecule has 1 amide bonds. The normalized spacial score (nSPS) is 12.9. The van der Waals surface area contributed by atoms with Gasteiger partial charge in [0.25, 0.3) is 5.91 Å². The number of benzene rings is 3. The Kier molecular flexibility index (Phi) is 3.27. The summed E-state index contributed by atoms with van der Waals surface area (Å²) in [6, 6.07) is 19.9. The van der Waals surface area contributed by atoms with Crippen LogP contribution < -0.4 is 9.64 Å². The summed E-state index contributed by atoms with van der Waals surface area (Å²) in [4.78, 5) is 14.4. The fourth-order valence-electron chi connectivity index (χ4n) is 3.09. The van der Waals surface area contributed by atoms with Crippen LogP contribution in [0, 0.1) is 6.92 Å². The molecular weight excluding hydrogens is 286 g/mol.